The first-order valence-electron chi connectivity index (χ1n) is 17.8. The van der Waals surface area contributed by atoms with Gasteiger partial charge in [0.25, 0.3) is 5.56 Å². The highest BCUT2D eigenvalue weighted by atomic mass is 16.5. The third kappa shape index (κ3) is 7.06. The Balaban J connectivity index is 1.30. The van der Waals surface area contributed by atoms with E-state index < -0.39 is 11.5 Å². The molecule has 0 unspecified atom stereocenters. The van der Waals surface area contributed by atoms with Crippen molar-refractivity contribution < 1.29 is 9.53 Å². The van der Waals surface area contributed by atoms with E-state index in [0.717, 1.165) is 51.8 Å². The number of carbonyl (C=O) groups excluding carboxylic acids is 1. The van der Waals surface area contributed by atoms with Gasteiger partial charge in [-0.2, -0.15) is 0 Å². The Bertz CT molecular complexity index is 2260. The van der Waals surface area contributed by atoms with Crippen molar-refractivity contribution in [3.63, 3.8) is 0 Å². The molecule has 5 aromatic carbocycles. The summed E-state index contributed by atoms with van der Waals surface area (Å²) in [4.78, 5) is 29.9. The summed E-state index contributed by atoms with van der Waals surface area (Å²) in [5.74, 6) is 0.858. The van der Waals surface area contributed by atoms with Crippen LogP contribution in [0.25, 0.3) is 22.5 Å². The molecule has 0 spiro atoms. The minimum absolute atomic E-state index is 0.0355. The lowest BCUT2D eigenvalue weighted by Crippen LogP contribution is -2.39. The van der Waals surface area contributed by atoms with Crippen LogP contribution in [0.2, 0.25) is 0 Å². The molecule has 0 saturated carbocycles. The highest BCUT2D eigenvalue weighted by Gasteiger charge is 2.42. The number of carbonyl (C=O) groups is 1. The predicted octanol–water partition coefficient (Wildman–Crippen LogP) is 7.51. The van der Waals surface area contributed by atoms with E-state index in [1.54, 1.807) is 4.57 Å². The molecular weight excluding hydrogens is 661 g/mol. The van der Waals surface area contributed by atoms with Gasteiger partial charge in [0.05, 0.1) is 25.8 Å². The first-order valence-corrected chi connectivity index (χ1v) is 17.8. The normalized spacial score (nSPS) is 11.4. The molecule has 2 heterocycles. The molecule has 7 aromatic rings. The molecule has 0 fully saturated rings. The molecule has 0 aliphatic heterocycles. The quantitative estimate of drug-likeness (QED) is 0.0906. The highest BCUT2D eigenvalue weighted by Crippen LogP contribution is 2.43. The maximum absolute atomic E-state index is 13.3. The van der Waals surface area contributed by atoms with Crippen LogP contribution in [0.15, 0.2) is 150 Å². The summed E-state index contributed by atoms with van der Waals surface area (Å²) in [6.45, 7) is 2.46. The lowest BCUT2D eigenvalue weighted by atomic mass is 9.77. The molecule has 53 heavy (non-hydrogen) atoms. The number of aryl methyl sites for hydroxylation is 1. The van der Waals surface area contributed by atoms with Crippen LogP contribution in [0.5, 0.6) is 0 Å². The summed E-state index contributed by atoms with van der Waals surface area (Å²) < 4.78 is 8.45. The van der Waals surface area contributed by atoms with Gasteiger partial charge in [-0.15, -0.1) is 5.10 Å². The summed E-state index contributed by atoms with van der Waals surface area (Å²) in [5.41, 5.74) is 6.19. The van der Waals surface area contributed by atoms with Gasteiger partial charge in [-0.3, -0.25) is 14.2 Å². The molecule has 0 radical (unpaired) electrons. The summed E-state index contributed by atoms with van der Waals surface area (Å²) in [6, 6.07) is 48.8. The molecule has 0 amide bonds. The molecule has 0 aliphatic carbocycles. The van der Waals surface area contributed by atoms with Gasteiger partial charge in [0.1, 0.15) is 11.4 Å². The van der Waals surface area contributed by atoms with Crippen molar-refractivity contribution in [1.29, 1.82) is 0 Å². The van der Waals surface area contributed by atoms with E-state index >= 15 is 0 Å². The number of hydrogen-bond donors (Lipinski definition) is 0. The number of nitrogens with zero attached hydrogens (tertiary/aromatic N) is 6. The maximum atomic E-state index is 13.3. The Morgan fingerprint density at radius 3 is 1.87 bits per heavy atom. The lowest BCUT2D eigenvalue weighted by molar-refractivity contribution is -0.139. The predicted molar refractivity (Wildman–Crippen MR) is 205 cm³/mol. The standard InChI is InChI=1S/C44H40N6O3/c1-3-4-24-40-45-37(30-42(52)53-2)29-41(51)49(40)31-32-25-27-33(28-26-32)38-22-14-15-23-39(38)43-46-47-48-50(43)44(34-16-8-5-9-17-34,35-18-10-6-11-19-35)36-20-12-7-13-21-36/h5-23,25-29H,3-4,24,30-31H2,1-2H3. The average molecular weight is 701 g/mol. The highest BCUT2D eigenvalue weighted by molar-refractivity contribution is 5.81. The molecule has 0 bridgehead atoms. The second kappa shape index (κ2) is 15.8. The van der Waals surface area contributed by atoms with Gasteiger partial charge in [-0.1, -0.05) is 153 Å². The van der Waals surface area contributed by atoms with Crippen molar-refractivity contribution in [2.45, 2.75) is 44.7 Å². The SMILES string of the molecule is CCCCc1nc(CC(=O)OC)cc(=O)n1Cc1ccc(-c2ccccc2-c2nnnn2C(c2ccccc2)(c2ccccc2)c2ccccc2)cc1. The first kappa shape index (κ1) is 34.9. The topological polar surface area (TPSA) is 105 Å². The van der Waals surface area contributed by atoms with Crippen LogP contribution in [0.1, 0.15) is 53.5 Å². The Labute approximate surface area is 308 Å². The maximum Gasteiger partial charge on any atom is 0.311 e. The fourth-order valence-corrected chi connectivity index (χ4v) is 7.00. The number of hydrogen-bond acceptors (Lipinski definition) is 7. The molecule has 2 aromatic heterocycles. The smallest absolute Gasteiger partial charge is 0.311 e. The van der Waals surface area contributed by atoms with Crippen molar-refractivity contribution in [3.05, 3.63) is 190 Å². The number of esters is 1. The van der Waals surface area contributed by atoms with Crippen LogP contribution in [0, 0.1) is 0 Å². The lowest BCUT2D eigenvalue weighted by Gasteiger charge is -2.36. The van der Waals surface area contributed by atoms with Gasteiger partial charge in [-0.25, -0.2) is 9.67 Å². The first-order chi connectivity index (χ1) is 26.0. The molecule has 9 heteroatoms. The number of ether oxygens (including phenoxy) is 1. The van der Waals surface area contributed by atoms with Gasteiger partial charge in [0.15, 0.2) is 5.82 Å². The number of rotatable bonds is 13. The molecule has 0 saturated heterocycles. The summed E-state index contributed by atoms with van der Waals surface area (Å²) >= 11 is 0. The second-order valence-corrected chi connectivity index (χ2v) is 12.9. The third-order valence-electron chi connectivity index (χ3n) is 9.58. The molecule has 7 rings (SSSR count). The van der Waals surface area contributed by atoms with Gasteiger partial charge >= 0.3 is 5.97 Å². The number of methoxy groups -OCH3 is 1. The van der Waals surface area contributed by atoms with E-state index in [1.165, 1.54) is 13.2 Å². The van der Waals surface area contributed by atoms with Crippen LogP contribution in [0.4, 0.5) is 0 Å². The van der Waals surface area contributed by atoms with Crippen molar-refractivity contribution in [3.8, 4) is 22.5 Å². The van der Waals surface area contributed by atoms with Gasteiger partial charge in [0, 0.05) is 18.1 Å². The summed E-state index contributed by atoms with van der Waals surface area (Å²) in [7, 11) is 1.33. The van der Waals surface area contributed by atoms with Crippen LogP contribution < -0.4 is 5.56 Å². The minimum Gasteiger partial charge on any atom is -0.469 e. The molecule has 0 aliphatic rings. The van der Waals surface area contributed by atoms with E-state index in [0.29, 0.717) is 30.3 Å². The van der Waals surface area contributed by atoms with E-state index in [2.05, 4.69) is 72.8 Å². The zero-order valence-corrected chi connectivity index (χ0v) is 29.8. The zero-order valence-electron chi connectivity index (χ0n) is 29.8. The van der Waals surface area contributed by atoms with Crippen LogP contribution in [-0.2, 0) is 34.5 Å². The molecule has 264 valence electrons. The Morgan fingerprint density at radius 2 is 1.30 bits per heavy atom. The summed E-state index contributed by atoms with van der Waals surface area (Å²) in [5, 5.41) is 13.7. The zero-order chi connectivity index (χ0) is 36.6. The Kier molecular flexibility index (Phi) is 10.4. The van der Waals surface area contributed by atoms with E-state index in [4.69, 9.17) is 20.0 Å². The second-order valence-electron chi connectivity index (χ2n) is 12.9. The summed E-state index contributed by atoms with van der Waals surface area (Å²) in [6.07, 6.45) is 2.44. The number of aromatic nitrogens is 6. The third-order valence-corrected chi connectivity index (χ3v) is 9.58. The fourth-order valence-electron chi connectivity index (χ4n) is 7.00. The van der Waals surface area contributed by atoms with Crippen molar-refractivity contribution in [2.75, 3.05) is 7.11 Å². The van der Waals surface area contributed by atoms with Crippen molar-refractivity contribution in [2.24, 2.45) is 0 Å². The molecule has 0 N–H and O–H groups in total. The Morgan fingerprint density at radius 1 is 0.736 bits per heavy atom. The van der Waals surface area contributed by atoms with Crippen LogP contribution in [-0.4, -0.2) is 42.8 Å². The van der Waals surface area contributed by atoms with Gasteiger partial charge < -0.3 is 4.74 Å². The molecule has 9 nitrogen and oxygen atoms in total. The van der Waals surface area contributed by atoms with Crippen LogP contribution >= 0.6 is 0 Å². The largest absolute Gasteiger partial charge is 0.469 e. The fraction of sp³-hybridized carbons (Fsp3) is 0.182. The Hall–Kier alpha value is -6.48. The monoisotopic (exact) mass is 700 g/mol. The molecule has 0 atom stereocenters. The van der Waals surface area contributed by atoms with E-state index in [-0.39, 0.29) is 12.0 Å². The number of unbranched alkanes of at least 4 members (excludes halogenated alkanes) is 1. The number of benzene rings is 5. The minimum atomic E-state index is -0.886. The van der Waals surface area contributed by atoms with Crippen LogP contribution in [0.3, 0.4) is 0 Å². The van der Waals surface area contributed by atoms with E-state index in [1.807, 2.05) is 83.5 Å². The van der Waals surface area contributed by atoms with Gasteiger partial charge in [-0.05, 0) is 50.2 Å². The van der Waals surface area contributed by atoms with Crippen molar-refractivity contribution in [1.82, 2.24) is 29.8 Å². The van der Waals surface area contributed by atoms with Gasteiger partial charge in [0.2, 0.25) is 0 Å². The number of tetrazole rings is 1. The molecular formula is C44H40N6O3. The van der Waals surface area contributed by atoms with Crippen molar-refractivity contribution >= 4 is 5.97 Å². The average Bonchev–Trinajstić information content (AvgIpc) is 3.70. The van der Waals surface area contributed by atoms with E-state index in [9.17, 15) is 9.59 Å².